The molecule has 0 spiro atoms. The minimum atomic E-state index is -4.75. The number of amides is 2. The number of rotatable bonds is 3. The topological polar surface area (TPSA) is 79.4 Å². The van der Waals surface area contributed by atoms with E-state index in [-0.39, 0.29) is 11.1 Å². The smallest absolute Gasteiger partial charge is 0.298 e. The number of halogens is 3. The van der Waals surface area contributed by atoms with Crippen LogP contribution in [0.2, 0.25) is 0 Å². The van der Waals surface area contributed by atoms with Crippen molar-refractivity contribution < 1.29 is 27.6 Å². The molecule has 0 aliphatic heterocycles. The second-order valence-electron chi connectivity index (χ2n) is 4.93. The highest BCUT2D eigenvalue weighted by Gasteiger charge is 2.35. The van der Waals surface area contributed by atoms with Gasteiger partial charge in [0.05, 0.1) is 16.7 Å². The summed E-state index contributed by atoms with van der Waals surface area (Å²) in [5, 5.41) is 0.706. The van der Waals surface area contributed by atoms with Gasteiger partial charge >= 0.3 is 6.18 Å². The van der Waals surface area contributed by atoms with Gasteiger partial charge in [-0.3, -0.25) is 29.8 Å². The zero-order valence-electron chi connectivity index (χ0n) is 12.9. The van der Waals surface area contributed by atoms with Gasteiger partial charge in [0, 0.05) is 25.0 Å². The molecule has 1 heterocycles. The number of nitrogens with zero attached hydrogens (tertiary/aromatic N) is 2. The third-order valence-electron chi connectivity index (χ3n) is 3.26. The minimum absolute atomic E-state index is 0.00234. The monoisotopic (exact) mass is 351 g/mol. The Morgan fingerprint density at radius 1 is 1.16 bits per heavy atom. The van der Waals surface area contributed by atoms with Gasteiger partial charge in [-0.15, -0.1) is 0 Å². The number of nitrogens with one attached hydrogen (secondary N) is 1. The van der Waals surface area contributed by atoms with Crippen LogP contribution < -0.4 is 5.43 Å². The second-order valence-corrected chi connectivity index (χ2v) is 4.93. The fraction of sp³-hybridized carbons (Fsp3) is 0.125. The van der Waals surface area contributed by atoms with Crippen molar-refractivity contribution in [2.75, 3.05) is 7.05 Å². The zero-order chi connectivity index (χ0) is 18.6. The van der Waals surface area contributed by atoms with Crippen LogP contribution in [-0.4, -0.2) is 35.1 Å². The molecular formula is C16H12F3N3O3. The number of benzene rings is 1. The molecule has 2 rings (SSSR count). The number of pyridine rings is 1. The molecular weight excluding hydrogens is 339 g/mol. The Hall–Kier alpha value is -3.23. The predicted octanol–water partition coefficient (Wildman–Crippen LogP) is 2.33. The van der Waals surface area contributed by atoms with E-state index in [1.54, 1.807) is 6.07 Å². The predicted molar refractivity (Wildman–Crippen MR) is 80.6 cm³/mol. The van der Waals surface area contributed by atoms with E-state index in [2.05, 4.69) is 4.98 Å². The van der Waals surface area contributed by atoms with Gasteiger partial charge in [-0.1, -0.05) is 18.2 Å². The first-order chi connectivity index (χ1) is 11.8. The van der Waals surface area contributed by atoms with E-state index in [4.69, 9.17) is 0 Å². The van der Waals surface area contributed by atoms with Gasteiger partial charge in [0.2, 0.25) is 0 Å². The fourth-order valence-electron chi connectivity index (χ4n) is 2.06. The summed E-state index contributed by atoms with van der Waals surface area (Å²) in [5.41, 5.74) is 0.242. The Bertz CT molecular complexity index is 822. The summed E-state index contributed by atoms with van der Waals surface area (Å²) in [5.74, 6) is -1.91. The number of carbonyl (C=O) groups excluding carboxylic acids is 3. The lowest BCUT2D eigenvalue weighted by molar-refractivity contribution is -0.138. The maximum atomic E-state index is 12.9. The van der Waals surface area contributed by atoms with E-state index >= 15 is 0 Å². The van der Waals surface area contributed by atoms with Crippen molar-refractivity contribution >= 4 is 18.1 Å². The third kappa shape index (κ3) is 4.00. The molecule has 2 aromatic rings. The van der Waals surface area contributed by atoms with Crippen molar-refractivity contribution in [1.82, 2.24) is 15.4 Å². The van der Waals surface area contributed by atoms with Gasteiger partial charge in [-0.25, -0.2) is 0 Å². The van der Waals surface area contributed by atoms with Gasteiger partial charge in [-0.2, -0.15) is 13.2 Å². The number of hydrogen-bond acceptors (Lipinski definition) is 4. The largest absolute Gasteiger partial charge is 0.417 e. The van der Waals surface area contributed by atoms with Crippen LogP contribution in [0.25, 0.3) is 0 Å². The highest BCUT2D eigenvalue weighted by Crippen LogP contribution is 2.31. The van der Waals surface area contributed by atoms with E-state index in [1.165, 1.54) is 18.2 Å². The normalized spacial score (nSPS) is 10.9. The summed E-state index contributed by atoms with van der Waals surface area (Å²) in [6, 6.07) is 6.49. The van der Waals surface area contributed by atoms with Crippen molar-refractivity contribution in [3.8, 4) is 0 Å². The lowest BCUT2D eigenvalue weighted by Gasteiger charge is -2.20. The van der Waals surface area contributed by atoms with Gasteiger partial charge in [0.15, 0.2) is 6.29 Å². The highest BCUT2D eigenvalue weighted by atomic mass is 19.4. The van der Waals surface area contributed by atoms with Crippen molar-refractivity contribution in [3.63, 3.8) is 0 Å². The Morgan fingerprint density at radius 3 is 2.48 bits per heavy atom. The number of carbonyl (C=O) groups is 3. The lowest BCUT2D eigenvalue weighted by Crippen LogP contribution is -2.44. The van der Waals surface area contributed by atoms with Gasteiger partial charge < -0.3 is 0 Å². The molecule has 0 unspecified atom stereocenters. The van der Waals surface area contributed by atoms with Crippen molar-refractivity contribution in [1.29, 1.82) is 0 Å². The average molecular weight is 351 g/mol. The van der Waals surface area contributed by atoms with Crippen LogP contribution in [0, 0.1) is 0 Å². The van der Waals surface area contributed by atoms with Crippen molar-refractivity contribution in [2.24, 2.45) is 0 Å². The maximum Gasteiger partial charge on any atom is 0.417 e. The Balaban J connectivity index is 2.24. The summed E-state index contributed by atoms with van der Waals surface area (Å²) in [7, 11) is 1.16. The first-order valence-electron chi connectivity index (χ1n) is 6.90. The molecule has 1 aromatic heterocycles. The Morgan fingerprint density at radius 2 is 1.84 bits per heavy atom. The molecule has 0 aliphatic rings. The van der Waals surface area contributed by atoms with Crippen molar-refractivity contribution in [3.05, 3.63) is 65.0 Å². The number of aromatic nitrogens is 1. The zero-order valence-corrected chi connectivity index (χ0v) is 12.9. The van der Waals surface area contributed by atoms with E-state index in [0.29, 0.717) is 17.4 Å². The highest BCUT2D eigenvalue weighted by molar-refractivity contribution is 6.03. The minimum Gasteiger partial charge on any atom is -0.298 e. The number of hydrazine groups is 1. The summed E-state index contributed by atoms with van der Waals surface area (Å²) in [6.07, 6.45) is -2.61. The van der Waals surface area contributed by atoms with E-state index in [1.807, 2.05) is 5.43 Å². The maximum absolute atomic E-state index is 12.9. The van der Waals surface area contributed by atoms with Crippen LogP contribution >= 0.6 is 0 Å². The van der Waals surface area contributed by atoms with Crippen LogP contribution in [0.1, 0.15) is 36.6 Å². The van der Waals surface area contributed by atoms with Crippen LogP contribution in [0.5, 0.6) is 0 Å². The van der Waals surface area contributed by atoms with E-state index in [9.17, 15) is 27.6 Å². The van der Waals surface area contributed by atoms with Crippen LogP contribution in [-0.2, 0) is 6.18 Å². The first kappa shape index (κ1) is 18.1. The first-order valence-corrected chi connectivity index (χ1v) is 6.90. The summed E-state index contributed by atoms with van der Waals surface area (Å²) >= 11 is 0. The van der Waals surface area contributed by atoms with Gasteiger partial charge in [0.25, 0.3) is 11.8 Å². The lowest BCUT2D eigenvalue weighted by atomic mass is 10.1. The molecule has 1 aromatic carbocycles. The van der Waals surface area contributed by atoms with Crippen LogP contribution in [0.15, 0.2) is 42.7 Å². The third-order valence-corrected chi connectivity index (χ3v) is 3.26. The van der Waals surface area contributed by atoms with Gasteiger partial charge in [-0.05, 0) is 12.1 Å². The molecule has 2 amide bonds. The molecule has 0 fully saturated rings. The average Bonchev–Trinajstić information content (AvgIpc) is 2.60. The van der Waals surface area contributed by atoms with Crippen LogP contribution in [0.4, 0.5) is 13.2 Å². The Kier molecular flexibility index (Phi) is 5.16. The number of hydrogen-bond donors (Lipinski definition) is 1. The Labute approximate surface area is 140 Å². The molecule has 0 saturated carbocycles. The molecule has 6 nitrogen and oxygen atoms in total. The molecule has 1 N–H and O–H groups in total. The number of aldehydes is 1. The molecule has 9 heteroatoms. The molecule has 0 atom stereocenters. The van der Waals surface area contributed by atoms with Crippen molar-refractivity contribution in [2.45, 2.75) is 6.18 Å². The van der Waals surface area contributed by atoms with Gasteiger partial charge in [0.1, 0.15) is 0 Å². The summed E-state index contributed by atoms with van der Waals surface area (Å²) in [4.78, 5) is 38.9. The molecule has 130 valence electrons. The standard InChI is InChI=1S/C16H12F3N3O3/c1-22(15(25)11-5-3-2-4-10(11)9-23)21-14(24)12-8-20-7-6-13(12)16(17,18)19/h2-9H,1H3,(H,21,24). The number of alkyl halides is 3. The molecule has 0 aliphatic carbocycles. The molecule has 0 radical (unpaired) electrons. The van der Waals surface area contributed by atoms with E-state index in [0.717, 1.165) is 19.4 Å². The van der Waals surface area contributed by atoms with Crippen LogP contribution in [0.3, 0.4) is 0 Å². The molecule has 0 saturated heterocycles. The van der Waals surface area contributed by atoms with E-state index < -0.39 is 29.1 Å². The fourth-order valence-corrected chi connectivity index (χ4v) is 2.06. The summed E-state index contributed by atoms with van der Waals surface area (Å²) in [6.45, 7) is 0. The molecule has 25 heavy (non-hydrogen) atoms. The SMILES string of the molecule is CN(NC(=O)c1cnccc1C(F)(F)F)C(=O)c1ccccc1C=O. The molecule has 0 bridgehead atoms. The second kappa shape index (κ2) is 7.12. The summed E-state index contributed by atoms with van der Waals surface area (Å²) < 4.78 is 38.8. The quantitative estimate of drug-likeness (QED) is 0.680.